The van der Waals surface area contributed by atoms with E-state index in [4.69, 9.17) is 27.9 Å². The molecule has 0 saturated heterocycles. The highest BCUT2D eigenvalue weighted by Crippen LogP contribution is 2.48. The van der Waals surface area contributed by atoms with Crippen molar-refractivity contribution in [3.05, 3.63) is 93.0 Å². The van der Waals surface area contributed by atoms with Gasteiger partial charge in [-0.15, -0.1) is 0 Å². The van der Waals surface area contributed by atoms with Crippen LogP contribution in [0, 0.1) is 0 Å². The van der Waals surface area contributed by atoms with Gasteiger partial charge in [0.25, 0.3) is 0 Å². The SMILES string of the molecule is O=C1OC(c2ccc([O-])c(Cl)c2)(c2ccc([O-])c(Cl)c2)c2ccccc21. The molecular weight excluding hydrogens is 375 g/mol. The number of cyclic esters (lactones) is 1. The van der Waals surface area contributed by atoms with Crippen LogP contribution in [0.2, 0.25) is 10.0 Å². The number of hydrogen-bond acceptors (Lipinski definition) is 4. The summed E-state index contributed by atoms with van der Waals surface area (Å²) in [5.41, 5.74) is 0.638. The van der Waals surface area contributed by atoms with E-state index in [2.05, 4.69) is 0 Å². The number of fused-ring (bicyclic) bond motifs is 1. The zero-order valence-electron chi connectivity index (χ0n) is 13.2. The quantitative estimate of drug-likeness (QED) is 0.632. The number of rotatable bonds is 2. The molecule has 0 aromatic heterocycles. The maximum Gasteiger partial charge on any atom is 0.340 e. The van der Waals surface area contributed by atoms with Gasteiger partial charge in [-0.05, 0) is 18.2 Å². The molecule has 0 radical (unpaired) electrons. The van der Waals surface area contributed by atoms with E-state index in [0.29, 0.717) is 22.3 Å². The summed E-state index contributed by atoms with van der Waals surface area (Å²) >= 11 is 12.1. The molecule has 0 N–H and O–H groups in total. The van der Waals surface area contributed by atoms with Gasteiger partial charge in [0, 0.05) is 26.7 Å². The van der Waals surface area contributed by atoms with Crippen LogP contribution in [-0.4, -0.2) is 5.97 Å². The second kappa shape index (κ2) is 5.94. The van der Waals surface area contributed by atoms with E-state index in [1.54, 1.807) is 36.4 Å². The summed E-state index contributed by atoms with van der Waals surface area (Å²) in [6.07, 6.45) is 0. The lowest BCUT2D eigenvalue weighted by Crippen LogP contribution is -2.29. The zero-order valence-corrected chi connectivity index (χ0v) is 14.7. The third-order valence-corrected chi connectivity index (χ3v) is 5.04. The Morgan fingerprint density at radius 1 is 0.808 bits per heavy atom. The van der Waals surface area contributed by atoms with Crippen molar-refractivity contribution >= 4 is 29.2 Å². The molecule has 3 aromatic rings. The first-order chi connectivity index (χ1) is 12.4. The van der Waals surface area contributed by atoms with E-state index in [-0.39, 0.29) is 21.5 Å². The van der Waals surface area contributed by atoms with E-state index in [0.717, 1.165) is 0 Å². The number of esters is 1. The Morgan fingerprint density at radius 3 is 1.88 bits per heavy atom. The standard InChI is InChI=1S/C20H12Cl2O4/c21-15-9-11(5-7-17(15)23)20(12-6-8-18(24)16(22)10-12)14-4-2-1-3-13(14)19(25)26-20/h1-10,23-24H/p-2. The first-order valence-electron chi connectivity index (χ1n) is 7.70. The molecule has 1 heterocycles. The summed E-state index contributed by atoms with van der Waals surface area (Å²) in [6.45, 7) is 0. The van der Waals surface area contributed by atoms with Gasteiger partial charge in [0.1, 0.15) is 0 Å². The number of ether oxygens (including phenoxy) is 1. The molecule has 4 nitrogen and oxygen atoms in total. The molecule has 0 saturated carbocycles. The number of halogens is 2. The van der Waals surface area contributed by atoms with Crippen molar-refractivity contribution in [2.24, 2.45) is 0 Å². The third kappa shape index (κ3) is 2.34. The molecule has 0 unspecified atom stereocenters. The first-order valence-corrected chi connectivity index (χ1v) is 8.46. The number of carbonyl (C=O) groups excluding carboxylic acids is 1. The normalized spacial score (nSPS) is 14.8. The lowest BCUT2D eigenvalue weighted by Gasteiger charge is -2.31. The van der Waals surface area contributed by atoms with E-state index >= 15 is 0 Å². The fourth-order valence-electron chi connectivity index (χ4n) is 3.25. The molecule has 0 atom stereocenters. The second-order valence-corrected chi connectivity index (χ2v) is 6.72. The Kier molecular flexibility index (Phi) is 3.83. The minimum atomic E-state index is -1.34. The summed E-state index contributed by atoms with van der Waals surface area (Å²) in [5.74, 6) is -1.18. The fraction of sp³-hybridized carbons (Fsp3) is 0.0500. The van der Waals surface area contributed by atoms with Crippen molar-refractivity contribution in [2.75, 3.05) is 0 Å². The van der Waals surface area contributed by atoms with Crippen molar-refractivity contribution in [3.63, 3.8) is 0 Å². The maximum absolute atomic E-state index is 12.5. The molecule has 3 aromatic carbocycles. The molecule has 6 heteroatoms. The van der Waals surface area contributed by atoms with E-state index in [1.165, 1.54) is 24.3 Å². The summed E-state index contributed by atoms with van der Waals surface area (Å²) in [7, 11) is 0. The molecule has 0 spiro atoms. The molecule has 1 aliphatic heterocycles. The first kappa shape index (κ1) is 16.8. The fourth-order valence-corrected chi connectivity index (χ4v) is 3.61. The van der Waals surface area contributed by atoms with Gasteiger partial charge in [-0.25, -0.2) is 4.79 Å². The average Bonchev–Trinajstić information content (AvgIpc) is 2.94. The van der Waals surface area contributed by atoms with Crippen LogP contribution in [0.4, 0.5) is 0 Å². The highest BCUT2D eigenvalue weighted by atomic mass is 35.5. The molecule has 0 aliphatic carbocycles. The van der Waals surface area contributed by atoms with Crippen molar-refractivity contribution in [1.82, 2.24) is 0 Å². The van der Waals surface area contributed by atoms with Crippen molar-refractivity contribution in [2.45, 2.75) is 5.60 Å². The Hall–Kier alpha value is -2.69. The van der Waals surface area contributed by atoms with Gasteiger partial charge in [0.05, 0.1) is 5.56 Å². The van der Waals surface area contributed by atoms with Gasteiger partial charge >= 0.3 is 5.97 Å². The van der Waals surface area contributed by atoms with Crippen LogP contribution in [0.1, 0.15) is 27.0 Å². The zero-order chi connectivity index (χ0) is 18.5. The van der Waals surface area contributed by atoms with Gasteiger partial charge in [-0.3, -0.25) is 0 Å². The molecule has 26 heavy (non-hydrogen) atoms. The maximum atomic E-state index is 12.5. The Labute approximate surface area is 159 Å². The van der Waals surface area contributed by atoms with Crippen molar-refractivity contribution < 1.29 is 19.7 Å². The Balaban J connectivity index is 2.07. The molecular formula is C20H10Cl2O4-2. The highest BCUT2D eigenvalue weighted by Gasteiger charge is 2.48. The van der Waals surface area contributed by atoms with E-state index in [9.17, 15) is 15.0 Å². The van der Waals surface area contributed by atoms with Crippen LogP contribution in [0.3, 0.4) is 0 Å². The Bertz CT molecular complexity index is 994. The molecule has 130 valence electrons. The summed E-state index contributed by atoms with van der Waals surface area (Å²) in [6, 6.07) is 15.6. The van der Waals surface area contributed by atoms with Crippen LogP contribution in [0.15, 0.2) is 60.7 Å². The predicted octanol–water partition coefficient (Wildman–Crippen LogP) is 3.60. The van der Waals surface area contributed by atoms with Gasteiger partial charge in [-0.2, -0.15) is 0 Å². The number of hydrogen-bond donors (Lipinski definition) is 0. The highest BCUT2D eigenvalue weighted by molar-refractivity contribution is 6.32. The van der Waals surface area contributed by atoms with E-state index < -0.39 is 11.6 Å². The molecule has 0 bridgehead atoms. The minimum Gasteiger partial charge on any atom is -0.871 e. The molecule has 0 fully saturated rings. The third-order valence-electron chi connectivity index (χ3n) is 4.45. The summed E-state index contributed by atoms with van der Waals surface area (Å²) in [5, 5.41) is 23.5. The smallest absolute Gasteiger partial charge is 0.340 e. The minimum absolute atomic E-state index is 0.00819. The topological polar surface area (TPSA) is 72.4 Å². The number of benzene rings is 3. The number of carbonyl (C=O) groups is 1. The molecule has 1 aliphatic rings. The monoisotopic (exact) mass is 384 g/mol. The summed E-state index contributed by atoms with van der Waals surface area (Å²) in [4.78, 5) is 12.5. The van der Waals surface area contributed by atoms with Gasteiger partial charge in [0.2, 0.25) is 0 Å². The van der Waals surface area contributed by atoms with Crippen LogP contribution in [0.25, 0.3) is 0 Å². The average molecular weight is 385 g/mol. The molecule has 0 amide bonds. The second-order valence-electron chi connectivity index (χ2n) is 5.91. The van der Waals surface area contributed by atoms with Crippen LogP contribution in [0.5, 0.6) is 11.5 Å². The van der Waals surface area contributed by atoms with Crippen LogP contribution in [-0.2, 0) is 10.3 Å². The van der Waals surface area contributed by atoms with Gasteiger partial charge in [-0.1, -0.05) is 77.2 Å². The van der Waals surface area contributed by atoms with Gasteiger partial charge in [0.15, 0.2) is 5.60 Å². The van der Waals surface area contributed by atoms with Gasteiger partial charge < -0.3 is 14.9 Å². The van der Waals surface area contributed by atoms with Crippen molar-refractivity contribution in [1.29, 1.82) is 0 Å². The predicted molar refractivity (Wildman–Crippen MR) is 93.5 cm³/mol. The summed E-state index contributed by atoms with van der Waals surface area (Å²) < 4.78 is 5.82. The lowest BCUT2D eigenvalue weighted by atomic mass is 9.80. The van der Waals surface area contributed by atoms with Crippen molar-refractivity contribution in [3.8, 4) is 11.5 Å². The molecule has 4 rings (SSSR count). The lowest BCUT2D eigenvalue weighted by molar-refractivity contribution is -0.268. The van der Waals surface area contributed by atoms with Crippen LogP contribution < -0.4 is 10.2 Å². The largest absolute Gasteiger partial charge is 0.871 e. The Morgan fingerprint density at radius 2 is 1.35 bits per heavy atom. The van der Waals surface area contributed by atoms with E-state index in [1.807, 2.05) is 0 Å². The van der Waals surface area contributed by atoms with Crippen LogP contribution >= 0.6 is 23.2 Å².